The van der Waals surface area contributed by atoms with Gasteiger partial charge < -0.3 is 10.6 Å². The van der Waals surface area contributed by atoms with Crippen molar-refractivity contribution in [1.29, 1.82) is 0 Å². The summed E-state index contributed by atoms with van der Waals surface area (Å²) in [6, 6.07) is 26.8. The maximum Gasteiger partial charge on any atom is 0.170 e. The molecule has 0 radical (unpaired) electrons. The predicted octanol–water partition coefficient (Wildman–Crippen LogP) is 5.77. The summed E-state index contributed by atoms with van der Waals surface area (Å²) in [5.41, 5.74) is 4.43. The summed E-state index contributed by atoms with van der Waals surface area (Å²) in [7, 11) is 0. The first-order chi connectivity index (χ1) is 12.6. The van der Waals surface area contributed by atoms with Crippen LogP contribution in [0.5, 0.6) is 0 Å². The van der Waals surface area contributed by atoms with Gasteiger partial charge >= 0.3 is 0 Å². The van der Waals surface area contributed by atoms with E-state index in [2.05, 4.69) is 59.2 Å². The molecule has 2 N–H and O–H groups in total. The average Bonchev–Trinajstić information content (AvgIpc) is 2.66. The molecule has 0 saturated carbocycles. The van der Waals surface area contributed by atoms with E-state index >= 15 is 0 Å². The zero-order chi connectivity index (χ0) is 18.4. The third-order valence-corrected chi connectivity index (χ3v) is 4.80. The number of thiocarbonyl (C=S) groups is 1. The van der Waals surface area contributed by atoms with Gasteiger partial charge in [-0.2, -0.15) is 0 Å². The summed E-state index contributed by atoms with van der Waals surface area (Å²) in [6.07, 6.45) is 0. The Morgan fingerprint density at radius 3 is 2.04 bits per heavy atom. The maximum absolute atomic E-state index is 6.28. The minimum absolute atomic E-state index is 0.214. The van der Waals surface area contributed by atoms with E-state index in [1.54, 1.807) is 0 Å². The van der Waals surface area contributed by atoms with Crippen molar-refractivity contribution in [3.05, 3.63) is 101 Å². The smallest absolute Gasteiger partial charge is 0.170 e. The molecule has 0 bridgehead atoms. The highest BCUT2D eigenvalue weighted by molar-refractivity contribution is 7.80. The summed E-state index contributed by atoms with van der Waals surface area (Å²) >= 11 is 11.7. The van der Waals surface area contributed by atoms with Crippen LogP contribution in [0.3, 0.4) is 0 Å². The molecule has 0 amide bonds. The van der Waals surface area contributed by atoms with Crippen LogP contribution in [0.15, 0.2) is 78.9 Å². The topological polar surface area (TPSA) is 24.1 Å². The minimum atomic E-state index is 0.214. The summed E-state index contributed by atoms with van der Waals surface area (Å²) < 4.78 is 0. The first kappa shape index (κ1) is 18.4. The molecule has 3 aromatic rings. The Balaban J connectivity index is 1.71. The van der Waals surface area contributed by atoms with Crippen LogP contribution in [-0.4, -0.2) is 11.7 Å². The third-order valence-electron chi connectivity index (χ3n) is 4.24. The molecule has 2 nitrogen and oxygen atoms in total. The quantitative estimate of drug-likeness (QED) is 0.549. The highest BCUT2D eigenvalue weighted by atomic mass is 35.5. The second-order valence-corrected chi connectivity index (χ2v) is 7.01. The van der Waals surface area contributed by atoms with E-state index in [1.807, 2.05) is 37.3 Å². The number of nitrogens with one attached hydrogen (secondary N) is 2. The van der Waals surface area contributed by atoms with Crippen LogP contribution < -0.4 is 10.6 Å². The number of halogens is 1. The lowest BCUT2D eigenvalue weighted by Crippen LogP contribution is -2.32. The fourth-order valence-electron chi connectivity index (χ4n) is 2.88. The normalized spacial score (nSPS) is 10.6. The number of benzene rings is 3. The Bertz CT molecular complexity index is 826. The molecule has 0 saturated heterocycles. The fourth-order valence-corrected chi connectivity index (χ4v) is 3.36. The number of aryl methyl sites for hydroxylation is 1. The summed E-state index contributed by atoms with van der Waals surface area (Å²) in [5, 5.41) is 7.74. The van der Waals surface area contributed by atoms with Gasteiger partial charge in [-0.25, -0.2) is 0 Å². The predicted molar refractivity (Wildman–Crippen MR) is 115 cm³/mol. The highest BCUT2D eigenvalue weighted by Gasteiger charge is 2.14. The molecular formula is C22H21ClN2S. The molecule has 0 fully saturated rings. The lowest BCUT2D eigenvalue weighted by atomic mass is 9.91. The van der Waals surface area contributed by atoms with E-state index in [-0.39, 0.29) is 5.92 Å². The van der Waals surface area contributed by atoms with Crippen molar-refractivity contribution in [2.45, 2.75) is 12.8 Å². The van der Waals surface area contributed by atoms with E-state index in [4.69, 9.17) is 23.8 Å². The Kier molecular flexibility index (Phi) is 6.26. The van der Waals surface area contributed by atoms with Crippen LogP contribution in [-0.2, 0) is 0 Å². The molecule has 0 aliphatic rings. The SMILES string of the molecule is Cc1ccc(NC(=S)NCC(c2ccccc2)c2ccccc2)c(Cl)c1. The largest absolute Gasteiger partial charge is 0.361 e. The van der Waals surface area contributed by atoms with Gasteiger partial charge in [-0.3, -0.25) is 0 Å². The molecule has 4 heteroatoms. The van der Waals surface area contributed by atoms with Gasteiger partial charge in [0.15, 0.2) is 5.11 Å². The highest BCUT2D eigenvalue weighted by Crippen LogP contribution is 2.25. The zero-order valence-electron chi connectivity index (χ0n) is 14.6. The van der Waals surface area contributed by atoms with Crippen molar-refractivity contribution >= 4 is 34.6 Å². The third kappa shape index (κ3) is 4.84. The minimum Gasteiger partial charge on any atom is -0.361 e. The molecule has 0 aromatic heterocycles. The van der Waals surface area contributed by atoms with Crippen molar-refractivity contribution < 1.29 is 0 Å². The van der Waals surface area contributed by atoms with Gasteiger partial charge in [0.1, 0.15) is 0 Å². The molecule has 0 heterocycles. The number of hydrogen-bond donors (Lipinski definition) is 2. The standard InChI is InChI=1S/C22H21ClN2S/c1-16-12-13-21(20(23)14-16)25-22(26)24-15-19(17-8-4-2-5-9-17)18-10-6-3-7-11-18/h2-14,19H,15H2,1H3,(H2,24,25,26). The van der Waals surface area contributed by atoms with Crippen LogP contribution in [0.25, 0.3) is 0 Å². The first-order valence-corrected chi connectivity index (χ1v) is 9.33. The van der Waals surface area contributed by atoms with Crippen molar-refractivity contribution in [3.63, 3.8) is 0 Å². The molecule has 0 aliphatic heterocycles. The molecule has 0 unspecified atom stereocenters. The van der Waals surface area contributed by atoms with Crippen LogP contribution in [0.1, 0.15) is 22.6 Å². The van der Waals surface area contributed by atoms with E-state index in [0.29, 0.717) is 16.7 Å². The Hall–Kier alpha value is -2.36. The van der Waals surface area contributed by atoms with E-state index in [0.717, 1.165) is 11.3 Å². The second kappa shape index (κ2) is 8.84. The van der Waals surface area contributed by atoms with Gasteiger partial charge in [-0.15, -0.1) is 0 Å². The van der Waals surface area contributed by atoms with Gasteiger partial charge in [0.05, 0.1) is 10.7 Å². The van der Waals surface area contributed by atoms with E-state index < -0.39 is 0 Å². The zero-order valence-corrected chi connectivity index (χ0v) is 16.1. The lowest BCUT2D eigenvalue weighted by Gasteiger charge is -2.20. The second-order valence-electron chi connectivity index (χ2n) is 6.19. The first-order valence-electron chi connectivity index (χ1n) is 8.54. The number of rotatable bonds is 5. The van der Waals surface area contributed by atoms with E-state index in [1.165, 1.54) is 11.1 Å². The van der Waals surface area contributed by atoms with Crippen molar-refractivity contribution in [2.75, 3.05) is 11.9 Å². The average molecular weight is 381 g/mol. The van der Waals surface area contributed by atoms with Gasteiger partial charge in [-0.1, -0.05) is 78.3 Å². The molecule has 0 aliphatic carbocycles. The molecule has 26 heavy (non-hydrogen) atoms. The molecule has 0 atom stereocenters. The van der Waals surface area contributed by atoms with Crippen molar-refractivity contribution in [2.24, 2.45) is 0 Å². The lowest BCUT2D eigenvalue weighted by molar-refractivity contribution is 0.761. The number of hydrogen-bond acceptors (Lipinski definition) is 1. The number of anilines is 1. The van der Waals surface area contributed by atoms with Gasteiger partial charge in [0.2, 0.25) is 0 Å². The van der Waals surface area contributed by atoms with Gasteiger partial charge in [0, 0.05) is 12.5 Å². The van der Waals surface area contributed by atoms with Crippen LogP contribution in [0.4, 0.5) is 5.69 Å². The summed E-state index contributed by atoms with van der Waals surface area (Å²) in [4.78, 5) is 0. The van der Waals surface area contributed by atoms with Crippen LogP contribution in [0, 0.1) is 6.92 Å². The van der Waals surface area contributed by atoms with E-state index in [9.17, 15) is 0 Å². The van der Waals surface area contributed by atoms with Crippen molar-refractivity contribution in [1.82, 2.24) is 5.32 Å². The van der Waals surface area contributed by atoms with Crippen molar-refractivity contribution in [3.8, 4) is 0 Å². The summed E-state index contributed by atoms with van der Waals surface area (Å²) in [5.74, 6) is 0.214. The maximum atomic E-state index is 6.28. The molecule has 0 spiro atoms. The molecule has 132 valence electrons. The van der Waals surface area contributed by atoms with Gasteiger partial charge in [-0.05, 0) is 48.0 Å². The van der Waals surface area contributed by atoms with Crippen LogP contribution >= 0.6 is 23.8 Å². The Morgan fingerprint density at radius 1 is 0.923 bits per heavy atom. The Labute approximate surface area is 165 Å². The molecular weight excluding hydrogens is 360 g/mol. The fraction of sp³-hybridized carbons (Fsp3) is 0.136. The Morgan fingerprint density at radius 2 is 1.50 bits per heavy atom. The van der Waals surface area contributed by atoms with Crippen LogP contribution in [0.2, 0.25) is 5.02 Å². The molecule has 3 aromatic carbocycles. The summed E-state index contributed by atoms with van der Waals surface area (Å²) in [6.45, 7) is 2.71. The monoisotopic (exact) mass is 380 g/mol. The molecule has 3 rings (SSSR count). The van der Waals surface area contributed by atoms with Gasteiger partial charge in [0.25, 0.3) is 0 Å².